The van der Waals surface area contributed by atoms with Crippen LogP contribution in [0.15, 0.2) is 67.0 Å². The van der Waals surface area contributed by atoms with Crippen molar-refractivity contribution in [2.75, 3.05) is 7.11 Å². The zero-order chi connectivity index (χ0) is 17.8. The minimum Gasteiger partial charge on any atom is -0.497 e. The van der Waals surface area contributed by atoms with Crippen LogP contribution in [0.5, 0.6) is 5.75 Å². The molecule has 0 bridgehead atoms. The number of pyridine rings is 1. The van der Waals surface area contributed by atoms with Gasteiger partial charge in [0.15, 0.2) is 11.6 Å². The Balaban J connectivity index is 1.88. The Morgan fingerprint density at radius 3 is 1.72 bits per heavy atom. The molecule has 0 saturated heterocycles. The van der Waals surface area contributed by atoms with Gasteiger partial charge in [-0.25, -0.2) is 0 Å². The third-order valence-corrected chi connectivity index (χ3v) is 3.93. The van der Waals surface area contributed by atoms with E-state index in [2.05, 4.69) is 4.98 Å². The lowest BCUT2D eigenvalue weighted by atomic mass is 9.99. The summed E-state index contributed by atoms with van der Waals surface area (Å²) in [5.41, 5.74) is 2.94. The number of ether oxygens (including phenoxy) is 1. The van der Waals surface area contributed by atoms with Crippen molar-refractivity contribution in [3.8, 4) is 5.75 Å². The summed E-state index contributed by atoms with van der Waals surface area (Å²) in [6, 6.07) is 15.7. The monoisotopic (exact) mass is 331 g/mol. The summed E-state index contributed by atoms with van der Waals surface area (Å²) in [7, 11) is 1.57. The molecule has 0 aliphatic heterocycles. The summed E-state index contributed by atoms with van der Waals surface area (Å²) < 4.78 is 5.09. The molecule has 4 nitrogen and oxygen atoms in total. The highest BCUT2D eigenvalue weighted by molar-refractivity contribution is 6.12. The van der Waals surface area contributed by atoms with Crippen molar-refractivity contribution in [1.82, 2.24) is 4.98 Å². The van der Waals surface area contributed by atoms with E-state index in [1.54, 1.807) is 49.6 Å². The highest BCUT2D eigenvalue weighted by atomic mass is 16.5. The van der Waals surface area contributed by atoms with Crippen molar-refractivity contribution in [3.05, 3.63) is 94.8 Å². The molecule has 1 heterocycles. The molecule has 124 valence electrons. The third-order valence-electron chi connectivity index (χ3n) is 3.93. The molecule has 0 radical (unpaired) electrons. The van der Waals surface area contributed by atoms with E-state index in [0.29, 0.717) is 28.0 Å². The number of carbonyl (C=O) groups excluding carboxylic acids is 2. The van der Waals surface area contributed by atoms with Gasteiger partial charge >= 0.3 is 0 Å². The lowest BCUT2D eigenvalue weighted by molar-refractivity contribution is 0.103. The molecule has 1 aromatic heterocycles. The lowest BCUT2D eigenvalue weighted by Crippen LogP contribution is -2.07. The van der Waals surface area contributed by atoms with Gasteiger partial charge in [-0.05, 0) is 37.3 Å². The second-order valence-corrected chi connectivity index (χ2v) is 5.72. The van der Waals surface area contributed by atoms with E-state index in [1.165, 1.54) is 12.4 Å². The summed E-state index contributed by atoms with van der Waals surface area (Å²) in [5.74, 6) is 0.337. The first-order valence-corrected chi connectivity index (χ1v) is 7.83. The molecule has 0 unspecified atom stereocenters. The van der Waals surface area contributed by atoms with Crippen LogP contribution in [0.4, 0.5) is 0 Å². The van der Waals surface area contributed by atoms with Gasteiger partial charge in [-0.15, -0.1) is 0 Å². The molecule has 4 heteroatoms. The largest absolute Gasteiger partial charge is 0.497 e. The lowest BCUT2D eigenvalue weighted by Gasteiger charge is -2.05. The maximum atomic E-state index is 12.6. The van der Waals surface area contributed by atoms with Gasteiger partial charge in [0, 0.05) is 34.6 Å². The minimum absolute atomic E-state index is 0.156. The van der Waals surface area contributed by atoms with Gasteiger partial charge in [-0.1, -0.05) is 29.8 Å². The molecule has 0 N–H and O–H groups in total. The number of carbonyl (C=O) groups is 2. The Morgan fingerprint density at radius 1 is 0.760 bits per heavy atom. The Labute approximate surface area is 146 Å². The number of aromatic nitrogens is 1. The van der Waals surface area contributed by atoms with Gasteiger partial charge in [0.05, 0.1) is 7.11 Å². The van der Waals surface area contributed by atoms with Crippen LogP contribution in [0.1, 0.15) is 37.4 Å². The van der Waals surface area contributed by atoms with Crippen molar-refractivity contribution in [3.63, 3.8) is 0 Å². The van der Waals surface area contributed by atoms with E-state index >= 15 is 0 Å². The van der Waals surface area contributed by atoms with Crippen LogP contribution in [0.3, 0.4) is 0 Å². The first-order valence-electron chi connectivity index (χ1n) is 7.83. The van der Waals surface area contributed by atoms with Crippen molar-refractivity contribution in [2.24, 2.45) is 0 Å². The van der Waals surface area contributed by atoms with E-state index in [4.69, 9.17) is 4.74 Å². The van der Waals surface area contributed by atoms with Gasteiger partial charge in [-0.2, -0.15) is 0 Å². The van der Waals surface area contributed by atoms with E-state index in [9.17, 15) is 9.59 Å². The second-order valence-electron chi connectivity index (χ2n) is 5.72. The minimum atomic E-state index is -0.186. The summed E-state index contributed by atoms with van der Waals surface area (Å²) in [6.45, 7) is 1.96. The van der Waals surface area contributed by atoms with E-state index < -0.39 is 0 Å². The summed E-state index contributed by atoms with van der Waals surface area (Å²) >= 11 is 0. The summed E-state index contributed by atoms with van der Waals surface area (Å²) in [6.07, 6.45) is 2.95. The Morgan fingerprint density at radius 2 is 1.24 bits per heavy atom. The average molecular weight is 331 g/mol. The number of nitrogens with zero attached hydrogens (tertiary/aromatic N) is 1. The van der Waals surface area contributed by atoms with Crippen LogP contribution >= 0.6 is 0 Å². The van der Waals surface area contributed by atoms with E-state index in [-0.39, 0.29) is 11.6 Å². The fraction of sp³-hybridized carbons (Fsp3) is 0.0952. The van der Waals surface area contributed by atoms with Crippen LogP contribution in [0, 0.1) is 6.92 Å². The Kier molecular flexibility index (Phi) is 4.70. The van der Waals surface area contributed by atoms with Gasteiger partial charge in [0.1, 0.15) is 5.75 Å². The molecule has 0 fully saturated rings. The molecular formula is C21H17NO3. The van der Waals surface area contributed by atoms with Crippen molar-refractivity contribution < 1.29 is 14.3 Å². The number of hydrogen-bond donors (Lipinski definition) is 0. The molecule has 3 rings (SSSR count). The fourth-order valence-electron chi connectivity index (χ4n) is 2.47. The van der Waals surface area contributed by atoms with Crippen molar-refractivity contribution in [1.29, 1.82) is 0 Å². The third kappa shape index (κ3) is 3.63. The maximum Gasteiger partial charge on any atom is 0.194 e. The smallest absolute Gasteiger partial charge is 0.194 e. The summed E-state index contributed by atoms with van der Waals surface area (Å²) in [4.78, 5) is 29.3. The number of hydrogen-bond acceptors (Lipinski definition) is 4. The molecular weight excluding hydrogens is 314 g/mol. The Bertz CT molecular complexity index is 913. The zero-order valence-electron chi connectivity index (χ0n) is 14.0. The predicted octanol–water partition coefficient (Wildman–Crippen LogP) is 3.86. The number of aryl methyl sites for hydroxylation is 1. The van der Waals surface area contributed by atoms with Gasteiger partial charge in [0.25, 0.3) is 0 Å². The average Bonchev–Trinajstić information content (AvgIpc) is 2.67. The molecule has 0 saturated carbocycles. The molecule has 0 aliphatic rings. The quantitative estimate of drug-likeness (QED) is 0.666. The van der Waals surface area contributed by atoms with Crippen LogP contribution in [-0.2, 0) is 0 Å². The fourth-order valence-corrected chi connectivity index (χ4v) is 2.47. The standard InChI is InChI=1S/C21H17NO3/c1-14-3-5-15(6-4-14)20(23)17-11-18(13-22-12-17)21(24)16-7-9-19(25-2)10-8-16/h3-13H,1-2H3. The molecule has 0 aliphatic carbocycles. The normalized spacial score (nSPS) is 10.3. The summed E-state index contributed by atoms with van der Waals surface area (Å²) in [5, 5.41) is 0. The van der Waals surface area contributed by atoms with E-state index in [0.717, 1.165) is 5.56 Å². The maximum absolute atomic E-state index is 12.6. The van der Waals surface area contributed by atoms with Gasteiger partial charge < -0.3 is 4.74 Å². The molecule has 0 amide bonds. The van der Waals surface area contributed by atoms with Crippen LogP contribution < -0.4 is 4.74 Å². The predicted molar refractivity (Wildman–Crippen MR) is 95.3 cm³/mol. The number of rotatable bonds is 5. The van der Waals surface area contributed by atoms with Crippen molar-refractivity contribution in [2.45, 2.75) is 6.92 Å². The number of benzene rings is 2. The number of methoxy groups -OCH3 is 1. The van der Waals surface area contributed by atoms with Crippen LogP contribution in [0.25, 0.3) is 0 Å². The van der Waals surface area contributed by atoms with Crippen LogP contribution in [-0.4, -0.2) is 23.7 Å². The highest BCUT2D eigenvalue weighted by Gasteiger charge is 2.14. The van der Waals surface area contributed by atoms with Gasteiger partial charge in [-0.3, -0.25) is 14.6 Å². The molecule has 0 spiro atoms. The Hall–Kier alpha value is -3.27. The van der Waals surface area contributed by atoms with Gasteiger partial charge in [0.2, 0.25) is 0 Å². The van der Waals surface area contributed by atoms with E-state index in [1.807, 2.05) is 19.1 Å². The highest BCUT2D eigenvalue weighted by Crippen LogP contribution is 2.17. The topological polar surface area (TPSA) is 56.3 Å². The molecule has 2 aromatic carbocycles. The first-order chi connectivity index (χ1) is 12.1. The zero-order valence-corrected chi connectivity index (χ0v) is 14.0. The molecule has 3 aromatic rings. The molecule has 0 atom stereocenters. The van der Waals surface area contributed by atoms with Crippen molar-refractivity contribution >= 4 is 11.6 Å². The molecule has 25 heavy (non-hydrogen) atoms. The van der Waals surface area contributed by atoms with Crippen LogP contribution in [0.2, 0.25) is 0 Å². The second kappa shape index (κ2) is 7.09. The first kappa shape index (κ1) is 16.6. The number of ketones is 2. The SMILES string of the molecule is COc1ccc(C(=O)c2cncc(C(=O)c3ccc(C)cc3)c2)cc1.